The number of nitrogens with one attached hydrogen (secondary N) is 2. The molecular formula is C33H34F3N7O4S. The highest BCUT2D eigenvalue weighted by atomic mass is 32.1. The number of ether oxygens (including phenoxy) is 2. The van der Waals surface area contributed by atoms with Crippen LogP contribution in [0.4, 0.5) is 29.3 Å². The van der Waals surface area contributed by atoms with Crippen molar-refractivity contribution in [3.63, 3.8) is 0 Å². The molecule has 2 saturated heterocycles. The van der Waals surface area contributed by atoms with E-state index in [0.717, 1.165) is 0 Å². The molecule has 0 aliphatic carbocycles. The molecule has 4 heterocycles. The SMILES string of the molecule is CC(C)(C)OC(=O)N[C@H]1CCN2CCN(c3c(NC(=O)c4csc(-c5ccnnc5)n4)ccc(Oc4ccccc4)c3C(F)(F)F)C[C@H]12. The van der Waals surface area contributed by atoms with E-state index in [2.05, 4.69) is 30.7 Å². The second kappa shape index (κ2) is 13.4. The molecular weight excluding hydrogens is 647 g/mol. The van der Waals surface area contributed by atoms with Crippen molar-refractivity contribution in [1.82, 2.24) is 25.4 Å². The molecule has 15 heteroatoms. The van der Waals surface area contributed by atoms with Crippen molar-refractivity contribution >= 4 is 34.7 Å². The largest absolute Gasteiger partial charge is 0.457 e. The number of piperazine rings is 1. The number of carbonyl (C=O) groups is 2. The van der Waals surface area contributed by atoms with Crippen LogP contribution in [-0.4, -0.2) is 75.9 Å². The second-order valence-corrected chi connectivity index (χ2v) is 13.3. The third-order valence-electron chi connectivity index (χ3n) is 7.95. The fourth-order valence-electron chi connectivity index (χ4n) is 5.93. The first-order valence-corrected chi connectivity index (χ1v) is 16.2. The number of nitrogens with zero attached hydrogens (tertiary/aromatic N) is 5. The van der Waals surface area contributed by atoms with E-state index in [1.165, 1.54) is 41.2 Å². The Labute approximate surface area is 279 Å². The van der Waals surface area contributed by atoms with Gasteiger partial charge in [-0.2, -0.15) is 23.4 Å². The minimum Gasteiger partial charge on any atom is -0.457 e. The second-order valence-electron chi connectivity index (χ2n) is 12.5. The number of alkyl carbamates (subject to hydrolysis) is 1. The molecule has 4 aromatic rings. The number of thiazole rings is 1. The summed E-state index contributed by atoms with van der Waals surface area (Å²) in [5.41, 5.74) is -1.30. The molecule has 0 saturated carbocycles. The van der Waals surface area contributed by atoms with Crippen molar-refractivity contribution < 1.29 is 32.2 Å². The van der Waals surface area contributed by atoms with Crippen molar-refractivity contribution in [1.29, 1.82) is 0 Å². The molecule has 2 atom stereocenters. The molecule has 0 unspecified atom stereocenters. The van der Waals surface area contributed by atoms with Crippen LogP contribution in [0.25, 0.3) is 10.6 Å². The Morgan fingerprint density at radius 2 is 1.79 bits per heavy atom. The molecule has 11 nitrogen and oxygen atoms in total. The summed E-state index contributed by atoms with van der Waals surface area (Å²) in [5.74, 6) is -0.844. The number of alkyl halides is 3. The zero-order valence-corrected chi connectivity index (χ0v) is 27.3. The highest BCUT2D eigenvalue weighted by Gasteiger charge is 2.45. The average molecular weight is 682 g/mol. The van der Waals surface area contributed by atoms with Crippen molar-refractivity contribution in [2.75, 3.05) is 36.4 Å². The summed E-state index contributed by atoms with van der Waals surface area (Å²) in [5, 5.41) is 15.2. The minimum absolute atomic E-state index is 0.0400. The highest BCUT2D eigenvalue weighted by Crippen LogP contribution is 2.48. The zero-order chi connectivity index (χ0) is 34.1. The average Bonchev–Trinajstić information content (AvgIpc) is 3.69. The number of halogens is 3. The number of fused-ring (bicyclic) bond motifs is 1. The van der Waals surface area contributed by atoms with Gasteiger partial charge in [-0.05, 0) is 57.5 Å². The fourth-order valence-corrected chi connectivity index (χ4v) is 6.72. The molecule has 252 valence electrons. The summed E-state index contributed by atoms with van der Waals surface area (Å²) >= 11 is 1.20. The summed E-state index contributed by atoms with van der Waals surface area (Å²) in [6.45, 7) is 6.79. The van der Waals surface area contributed by atoms with Crippen LogP contribution in [0.15, 0.2) is 66.3 Å². The third kappa shape index (κ3) is 7.52. The van der Waals surface area contributed by atoms with Crippen LogP contribution in [0.5, 0.6) is 11.5 Å². The van der Waals surface area contributed by atoms with Gasteiger partial charge in [0.05, 0.1) is 29.8 Å². The minimum atomic E-state index is -4.86. The van der Waals surface area contributed by atoms with E-state index in [-0.39, 0.29) is 48.0 Å². The molecule has 2 aromatic heterocycles. The van der Waals surface area contributed by atoms with Gasteiger partial charge in [-0.3, -0.25) is 9.69 Å². The molecule has 2 N–H and O–H groups in total. The van der Waals surface area contributed by atoms with Gasteiger partial charge < -0.3 is 25.0 Å². The standard InChI is InChI=1S/C33H34F3N7O4S/c1-32(2,3)47-31(45)41-22-12-14-42-15-16-43(18-25(22)42)28-23(39-29(44)24-19-48-30(40-24)20-11-13-37-38-17-20)9-10-26(27(28)33(34,35)36)46-21-7-5-4-6-8-21/h4-11,13,17,19,22,25H,12,14-16,18H2,1-3H3,(H,39,44)(H,41,45)/t22-,25+/m0/s1. The van der Waals surface area contributed by atoms with Gasteiger partial charge in [-0.25, -0.2) is 9.78 Å². The fraction of sp³-hybridized carbons (Fsp3) is 0.364. The number of rotatable bonds is 7. The smallest absolute Gasteiger partial charge is 0.422 e. The third-order valence-corrected chi connectivity index (χ3v) is 8.85. The van der Waals surface area contributed by atoms with Gasteiger partial charge in [-0.15, -0.1) is 11.3 Å². The summed E-state index contributed by atoms with van der Waals surface area (Å²) in [6, 6.07) is 11.9. The Kier molecular flexibility index (Phi) is 9.25. The number of benzene rings is 2. The summed E-state index contributed by atoms with van der Waals surface area (Å²) < 4.78 is 56.7. The van der Waals surface area contributed by atoms with Crippen LogP contribution in [0, 0.1) is 0 Å². The maximum atomic E-state index is 15.1. The van der Waals surface area contributed by atoms with Gasteiger partial charge in [0.15, 0.2) is 0 Å². The Bertz CT molecular complexity index is 1770. The first-order chi connectivity index (χ1) is 22.9. The molecule has 6 rings (SSSR count). The molecule has 48 heavy (non-hydrogen) atoms. The van der Waals surface area contributed by atoms with E-state index in [0.29, 0.717) is 30.1 Å². The van der Waals surface area contributed by atoms with Crippen LogP contribution in [0.3, 0.4) is 0 Å². The van der Waals surface area contributed by atoms with E-state index in [4.69, 9.17) is 9.47 Å². The van der Waals surface area contributed by atoms with E-state index in [1.54, 1.807) is 62.1 Å². The van der Waals surface area contributed by atoms with E-state index in [9.17, 15) is 9.59 Å². The van der Waals surface area contributed by atoms with E-state index >= 15 is 13.2 Å². The summed E-state index contributed by atoms with van der Waals surface area (Å²) in [6.07, 6.45) is -1.82. The quantitative estimate of drug-likeness (QED) is 0.227. The van der Waals surface area contributed by atoms with Crippen molar-refractivity contribution in [3.05, 3.63) is 77.6 Å². The number of carbonyl (C=O) groups excluding carboxylic acids is 2. The normalized spacial score (nSPS) is 18.2. The molecule has 2 aromatic carbocycles. The predicted octanol–water partition coefficient (Wildman–Crippen LogP) is 6.45. The Morgan fingerprint density at radius 1 is 1.00 bits per heavy atom. The van der Waals surface area contributed by atoms with E-state index in [1.807, 2.05) is 0 Å². The maximum Gasteiger partial charge on any atom is 0.422 e. The summed E-state index contributed by atoms with van der Waals surface area (Å²) in [4.78, 5) is 34.3. The number of hydrogen-bond acceptors (Lipinski definition) is 10. The zero-order valence-electron chi connectivity index (χ0n) is 26.5. The van der Waals surface area contributed by atoms with Gasteiger partial charge >= 0.3 is 12.3 Å². The molecule has 2 aliphatic heterocycles. The number of hydrogen-bond donors (Lipinski definition) is 2. The first kappa shape index (κ1) is 33.2. The predicted molar refractivity (Wildman–Crippen MR) is 174 cm³/mol. The Morgan fingerprint density at radius 3 is 2.50 bits per heavy atom. The number of anilines is 2. The van der Waals surface area contributed by atoms with Crippen LogP contribution in [0.2, 0.25) is 0 Å². The Hall–Kier alpha value is -4.76. The number of amides is 2. The van der Waals surface area contributed by atoms with Gasteiger partial charge in [0, 0.05) is 43.2 Å². The highest BCUT2D eigenvalue weighted by molar-refractivity contribution is 7.13. The van der Waals surface area contributed by atoms with Crippen LogP contribution < -0.4 is 20.3 Å². The molecule has 0 spiro atoms. The molecule has 0 bridgehead atoms. The number of aromatic nitrogens is 3. The molecule has 2 fully saturated rings. The lowest BCUT2D eigenvalue weighted by molar-refractivity contribution is -0.138. The first-order valence-electron chi connectivity index (χ1n) is 15.4. The summed E-state index contributed by atoms with van der Waals surface area (Å²) in [7, 11) is 0. The van der Waals surface area contributed by atoms with Crippen molar-refractivity contribution in [2.45, 2.75) is 51.1 Å². The van der Waals surface area contributed by atoms with Crippen LogP contribution in [0.1, 0.15) is 43.2 Å². The van der Waals surface area contributed by atoms with Gasteiger partial charge in [0.1, 0.15) is 33.4 Å². The Balaban J connectivity index is 1.36. The van der Waals surface area contributed by atoms with Gasteiger partial charge in [0.25, 0.3) is 5.91 Å². The van der Waals surface area contributed by atoms with Gasteiger partial charge in [0.2, 0.25) is 0 Å². The van der Waals surface area contributed by atoms with Crippen molar-refractivity contribution in [2.24, 2.45) is 0 Å². The molecule has 0 radical (unpaired) electrons. The molecule has 2 aliphatic rings. The maximum absolute atomic E-state index is 15.1. The monoisotopic (exact) mass is 681 g/mol. The van der Waals surface area contributed by atoms with E-state index < -0.39 is 35.1 Å². The van der Waals surface area contributed by atoms with Crippen LogP contribution in [-0.2, 0) is 10.9 Å². The lowest BCUT2D eigenvalue weighted by Crippen LogP contribution is -2.57. The lowest BCUT2D eigenvalue weighted by Gasteiger charge is -2.42. The molecule has 2 amide bonds. The lowest BCUT2D eigenvalue weighted by atomic mass is 10.0. The topological polar surface area (TPSA) is 122 Å². The van der Waals surface area contributed by atoms with Crippen LogP contribution >= 0.6 is 11.3 Å². The van der Waals surface area contributed by atoms with Gasteiger partial charge in [-0.1, -0.05) is 18.2 Å². The van der Waals surface area contributed by atoms with Crippen molar-refractivity contribution in [3.8, 4) is 22.1 Å². The number of para-hydroxylation sites is 1.